The Morgan fingerprint density at radius 2 is 0.885 bits per heavy atom. The Morgan fingerprint density at radius 3 is 1.59 bits per heavy atom. The molecule has 0 aliphatic rings. The van der Waals surface area contributed by atoms with E-state index in [0.29, 0.717) is 0 Å². The molecule has 0 atom stereocenters. The van der Waals surface area contributed by atoms with Crippen molar-refractivity contribution >= 4 is 86.2 Å². The van der Waals surface area contributed by atoms with Gasteiger partial charge in [-0.05, 0) is 60.2 Å². The second-order valence-corrected chi connectivity index (χ2v) is 16.7. The van der Waals surface area contributed by atoms with Gasteiger partial charge in [0.2, 0.25) is 0 Å². The van der Waals surface area contributed by atoms with Crippen LogP contribution in [0.1, 0.15) is 0 Å². The van der Waals surface area contributed by atoms with Gasteiger partial charge in [0.15, 0.2) is 0 Å². The number of benzene rings is 9. The van der Waals surface area contributed by atoms with Gasteiger partial charge in [0, 0.05) is 64.1 Å². The Balaban J connectivity index is 1.21. The second-order valence-electron chi connectivity index (χ2n) is 15.7. The summed E-state index contributed by atoms with van der Waals surface area (Å²) < 4.78 is 7.64. The minimum Gasteiger partial charge on any atom is -0.308 e. The molecule has 0 bridgehead atoms. The highest BCUT2D eigenvalue weighted by atomic mass is 32.1. The van der Waals surface area contributed by atoms with Gasteiger partial charge in [-0.15, -0.1) is 11.3 Å². The zero-order valence-corrected chi connectivity index (χ0v) is 33.6. The zero-order valence-electron chi connectivity index (χ0n) is 32.8. The minimum atomic E-state index is 0.858. The molecule has 5 heteroatoms. The lowest BCUT2D eigenvalue weighted by molar-refractivity contribution is 1.18. The molecule has 0 radical (unpaired) electrons. The first-order valence-corrected chi connectivity index (χ1v) is 21.5. The zero-order chi connectivity index (χ0) is 40.0. The van der Waals surface area contributed by atoms with Crippen LogP contribution in [0.2, 0.25) is 0 Å². The molecule has 0 saturated heterocycles. The third-order valence-electron chi connectivity index (χ3n) is 12.3. The molecule has 0 fully saturated rings. The molecule has 9 aromatic carbocycles. The first-order valence-electron chi connectivity index (χ1n) is 20.7. The van der Waals surface area contributed by atoms with E-state index in [9.17, 15) is 0 Å². The normalized spacial score (nSPS) is 11.9. The Kier molecular flexibility index (Phi) is 7.44. The summed E-state index contributed by atoms with van der Waals surface area (Å²) in [4.78, 5) is 10.6. The summed E-state index contributed by atoms with van der Waals surface area (Å²) in [6, 6.07) is 74.0. The van der Waals surface area contributed by atoms with Gasteiger partial charge >= 0.3 is 0 Å². The van der Waals surface area contributed by atoms with Crippen molar-refractivity contribution in [3.8, 4) is 45.0 Å². The van der Waals surface area contributed by atoms with Crippen molar-refractivity contribution in [3.05, 3.63) is 206 Å². The van der Waals surface area contributed by atoms with Crippen LogP contribution < -0.4 is 0 Å². The number of nitrogens with zero attached hydrogens (tertiary/aromatic N) is 4. The van der Waals surface area contributed by atoms with Crippen molar-refractivity contribution < 1.29 is 0 Å². The number of fused-ring (bicyclic) bond motifs is 13. The Hall–Kier alpha value is -7.86. The quantitative estimate of drug-likeness (QED) is 0.174. The average Bonchev–Trinajstić information content (AvgIpc) is 4.00. The van der Waals surface area contributed by atoms with Crippen molar-refractivity contribution in [2.24, 2.45) is 0 Å². The fourth-order valence-corrected chi connectivity index (χ4v) is 11.0. The minimum absolute atomic E-state index is 0.858. The Labute approximate surface area is 354 Å². The van der Waals surface area contributed by atoms with Crippen LogP contribution in [-0.2, 0) is 0 Å². The molecule has 61 heavy (non-hydrogen) atoms. The van der Waals surface area contributed by atoms with E-state index in [2.05, 4.69) is 191 Å². The first kappa shape index (κ1) is 34.0. The monoisotopic (exact) mass is 794 g/mol. The molecular formula is C56H34N4S. The topological polar surface area (TPSA) is 35.6 Å². The molecule has 13 rings (SSSR count). The molecular weight excluding hydrogens is 761 g/mol. The first-order chi connectivity index (χ1) is 30.3. The number of para-hydroxylation sites is 5. The summed E-state index contributed by atoms with van der Waals surface area (Å²) in [5.41, 5.74) is 14.8. The molecule has 0 N–H and O–H groups in total. The molecule has 0 amide bonds. The van der Waals surface area contributed by atoms with E-state index in [1.807, 2.05) is 35.6 Å². The standard InChI is InChI=1S/C56H34N4S/c1-4-18-35(19-5-1)42-34-37(53-52(36-20-6-2-7-21-36)57-43-27-13-14-28-44(43)58-53)32-33-47(42)60-46-30-16-11-25-40(46)50-55(60)49-39-24-10-15-29-45(39)59(38-22-8-3-9-23-38)54(49)51-41-26-12-17-31-48(41)61-56(50)51/h1-34H. The molecule has 0 aliphatic heterocycles. The Morgan fingerprint density at radius 1 is 0.377 bits per heavy atom. The fraction of sp³-hybridized carbons (Fsp3) is 0. The van der Waals surface area contributed by atoms with Crippen molar-refractivity contribution in [1.82, 2.24) is 19.1 Å². The molecule has 0 spiro atoms. The van der Waals surface area contributed by atoms with Crippen molar-refractivity contribution in [3.63, 3.8) is 0 Å². The van der Waals surface area contributed by atoms with Gasteiger partial charge in [0.1, 0.15) is 0 Å². The average molecular weight is 795 g/mol. The summed E-state index contributed by atoms with van der Waals surface area (Å²) >= 11 is 1.90. The van der Waals surface area contributed by atoms with Crippen LogP contribution in [0.15, 0.2) is 206 Å². The lowest BCUT2D eigenvalue weighted by Crippen LogP contribution is -2.00. The maximum Gasteiger partial charge on any atom is 0.0973 e. The van der Waals surface area contributed by atoms with Crippen molar-refractivity contribution in [1.29, 1.82) is 0 Å². The largest absolute Gasteiger partial charge is 0.308 e. The Bertz CT molecular complexity index is 3860. The molecule has 284 valence electrons. The van der Waals surface area contributed by atoms with Crippen molar-refractivity contribution in [2.45, 2.75) is 0 Å². The highest BCUT2D eigenvalue weighted by molar-refractivity contribution is 7.27. The number of hydrogen-bond acceptors (Lipinski definition) is 3. The van der Waals surface area contributed by atoms with E-state index in [4.69, 9.17) is 9.97 Å². The highest BCUT2D eigenvalue weighted by Gasteiger charge is 2.28. The van der Waals surface area contributed by atoms with Crippen LogP contribution in [0, 0.1) is 0 Å². The van der Waals surface area contributed by atoms with E-state index in [0.717, 1.165) is 56.0 Å². The molecule has 0 aliphatic carbocycles. The van der Waals surface area contributed by atoms with Crippen LogP contribution in [0.3, 0.4) is 0 Å². The van der Waals surface area contributed by atoms with Crippen molar-refractivity contribution in [2.75, 3.05) is 0 Å². The number of rotatable bonds is 5. The van der Waals surface area contributed by atoms with Crippen LogP contribution in [-0.4, -0.2) is 19.1 Å². The van der Waals surface area contributed by atoms with Gasteiger partial charge in [0.05, 0.1) is 50.2 Å². The highest BCUT2D eigenvalue weighted by Crippen LogP contribution is 2.52. The molecule has 4 heterocycles. The lowest BCUT2D eigenvalue weighted by Gasteiger charge is -2.18. The predicted octanol–water partition coefficient (Wildman–Crippen LogP) is 15.2. The van der Waals surface area contributed by atoms with Crippen LogP contribution in [0.5, 0.6) is 0 Å². The van der Waals surface area contributed by atoms with E-state index >= 15 is 0 Å². The number of aromatic nitrogens is 4. The smallest absolute Gasteiger partial charge is 0.0973 e. The fourth-order valence-electron chi connectivity index (χ4n) is 9.70. The molecule has 13 aromatic rings. The maximum atomic E-state index is 5.34. The van der Waals surface area contributed by atoms with Crippen LogP contribution in [0.25, 0.3) is 120 Å². The van der Waals surface area contributed by atoms with Gasteiger partial charge in [-0.2, -0.15) is 0 Å². The van der Waals surface area contributed by atoms with Crippen LogP contribution >= 0.6 is 11.3 Å². The summed E-state index contributed by atoms with van der Waals surface area (Å²) in [5.74, 6) is 0. The molecule has 4 nitrogen and oxygen atoms in total. The summed E-state index contributed by atoms with van der Waals surface area (Å²) in [5, 5.41) is 7.58. The molecule has 0 saturated carbocycles. The van der Waals surface area contributed by atoms with Gasteiger partial charge in [-0.1, -0.05) is 152 Å². The lowest BCUT2D eigenvalue weighted by atomic mass is 9.96. The third kappa shape index (κ3) is 5.05. The van der Waals surface area contributed by atoms with E-state index in [1.165, 1.54) is 63.8 Å². The van der Waals surface area contributed by atoms with Gasteiger partial charge in [-0.3, -0.25) is 0 Å². The second kappa shape index (κ2) is 13.3. The van der Waals surface area contributed by atoms with Gasteiger partial charge in [0.25, 0.3) is 0 Å². The number of hydrogen-bond donors (Lipinski definition) is 0. The summed E-state index contributed by atoms with van der Waals surface area (Å²) in [6.07, 6.45) is 0. The van der Waals surface area contributed by atoms with E-state index in [1.54, 1.807) is 0 Å². The third-order valence-corrected chi connectivity index (χ3v) is 13.5. The van der Waals surface area contributed by atoms with Gasteiger partial charge in [-0.25, -0.2) is 9.97 Å². The number of thiophene rings is 1. The van der Waals surface area contributed by atoms with E-state index < -0.39 is 0 Å². The van der Waals surface area contributed by atoms with Gasteiger partial charge < -0.3 is 9.13 Å². The van der Waals surface area contributed by atoms with Crippen LogP contribution in [0.4, 0.5) is 0 Å². The molecule has 0 unspecified atom stereocenters. The summed E-state index contributed by atoms with van der Waals surface area (Å²) in [6.45, 7) is 0. The maximum absolute atomic E-state index is 5.34. The SMILES string of the molecule is c1ccc(-c2cc(-c3nc4ccccc4nc3-c3ccccc3)ccc2-n2c3ccccc3c3c4sc5ccccc5c4c4c(c5ccccc5n4-c4ccccc4)c32)cc1. The molecule has 4 aromatic heterocycles. The summed E-state index contributed by atoms with van der Waals surface area (Å²) in [7, 11) is 0. The predicted molar refractivity (Wildman–Crippen MR) is 257 cm³/mol. The van der Waals surface area contributed by atoms with E-state index in [-0.39, 0.29) is 0 Å².